The zero-order valence-corrected chi connectivity index (χ0v) is 24.7. The van der Waals surface area contributed by atoms with Crippen LogP contribution < -0.4 is 15.8 Å². The third kappa shape index (κ3) is 4.34. The van der Waals surface area contributed by atoms with Crippen molar-refractivity contribution in [3.8, 4) is 17.3 Å². The van der Waals surface area contributed by atoms with Crippen LogP contribution in [0.25, 0.3) is 33.6 Å². The molecule has 220 valence electrons. The number of hydrogen-bond donors (Lipinski definition) is 2. The SMILES string of the molecule is COc1cc(C(=O)N2CC3CCC2[C@@H]3N)cc2nc(-c3cc4ccc(Nc5ccnc(C)c5)nc4n3CC3CC3)n(C)c12. The summed E-state index contributed by atoms with van der Waals surface area (Å²) in [4.78, 5) is 30.1. The van der Waals surface area contributed by atoms with Crippen LogP contribution in [0.4, 0.5) is 11.5 Å². The molecule has 8 rings (SSSR count). The summed E-state index contributed by atoms with van der Waals surface area (Å²) in [7, 11) is 3.66. The number of fused-ring (bicyclic) bond motifs is 4. The molecule has 0 radical (unpaired) electrons. The number of aryl methyl sites for hydroxylation is 2. The molecule has 2 aliphatic carbocycles. The number of nitrogens with one attached hydrogen (secondary N) is 1. The van der Waals surface area contributed by atoms with Crippen molar-refractivity contribution in [1.29, 1.82) is 0 Å². The molecule has 43 heavy (non-hydrogen) atoms. The number of methoxy groups -OCH3 is 1. The smallest absolute Gasteiger partial charge is 0.254 e. The van der Waals surface area contributed by atoms with E-state index in [0.717, 1.165) is 76.7 Å². The fourth-order valence-electron chi connectivity index (χ4n) is 7.16. The monoisotopic (exact) mass is 576 g/mol. The maximum atomic E-state index is 13.7. The largest absolute Gasteiger partial charge is 0.494 e. The minimum Gasteiger partial charge on any atom is -0.494 e. The molecule has 2 saturated carbocycles. The molecule has 5 aromatic rings. The summed E-state index contributed by atoms with van der Waals surface area (Å²) in [6.07, 6.45) is 6.32. The summed E-state index contributed by atoms with van der Waals surface area (Å²) in [5, 5.41) is 4.49. The lowest BCUT2D eigenvalue weighted by Crippen LogP contribution is -2.41. The number of hydrogen-bond acceptors (Lipinski definition) is 7. The van der Waals surface area contributed by atoms with Gasteiger partial charge in [0.1, 0.15) is 22.7 Å². The van der Waals surface area contributed by atoms with Gasteiger partial charge in [-0.25, -0.2) is 9.97 Å². The Morgan fingerprint density at radius 3 is 2.67 bits per heavy atom. The molecule has 10 heteroatoms. The van der Waals surface area contributed by atoms with Crippen molar-refractivity contribution in [2.24, 2.45) is 24.6 Å². The number of ether oxygens (including phenoxy) is 1. The topological polar surface area (TPSA) is 116 Å². The van der Waals surface area contributed by atoms with Crippen LogP contribution in [0, 0.1) is 18.8 Å². The van der Waals surface area contributed by atoms with Gasteiger partial charge in [0, 0.05) is 60.7 Å². The lowest BCUT2D eigenvalue weighted by atomic mass is 10.1. The van der Waals surface area contributed by atoms with Gasteiger partial charge < -0.3 is 29.8 Å². The van der Waals surface area contributed by atoms with Gasteiger partial charge in [0.2, 0.25) is 0 Å². The fraction of sp³-hybridized carbons (Fsp3) is 0.394. The molecule has 3 atom stereocenters. The number of amides is 1. The second-order valence-corrected chi connectivity index (χ2v) is 12.5. The van der Waals surface area contributed by atoms with Gasteiger partial charge in [0.25, 0.3) is 5.91 Å². The third-order valence-corrected chi connectivity index (χ3v) is 9.60. The summed E-state index contributed by atoms with van der Waals surface area (Å²) in [5.41, 5.74) is 12.4. The average molecular weight is 577 g/mol. The summed E-state index contributed by atoms with van der Waals surface area (Å²) in [6.45, 7) is 3.58. The van der Waals surface area contributed by atoms with E-state index in [9.17, 15) is 4.79 Å². The lowest BCUT2D eigenvalue weighted by molar-refractivity contribution is 0.0700. The molecule has 10 nitrogen and oxygen atoms in total. The van der Waals surface area contributed by atoms with Crippen molar-refractivity contribution in [3.05, 3.63) is 59.9 Å². The molecule has 0 spiro atoms. The van der Waals surface area contributed by atoms with Crippen molar-refractivity contribution >= 4 is 39.5 Å². The van der Waals surface area contributed by atoms with E-state index in [1.807, 2.05) is 49.2 Å². The molecule has 1 saturated heterocycles. The molecule has 3 N–H and O–H groups in total. The second-order valence-electron chi connectivity index (χ2n) is 12.5. The van der Waals surface area contributed by atoms with Gasteiger partial charge >= 0.3 is 0 Å². The fourth-order valence-corrected chi connectivity index (χ4v) is 7.16. The molecule has 4 aromatic heterocycles. The summed E-state index contributed by atoms with van der Waals surface area (Å²) in [6, 6.07) is 14.2. The van der Waals surface area contributed by atoms with Gasteiger partial charge in [-0.05, 0) is 86.9 Å². The Balaban J connectivity index is 1.21. The summed E-state index contributed by atoms with van der Waals surface area (Å²) in [5.74, 6) is 3.27. The maximum absolute atomic E-state index is 13.7. The van der Waals surface area contributed by atoms with E-state index in [-0.39, 0.29) is 18.0 Å². The Morgan fingerprint density at radius 2 is 1.95 bits per heavy atom. The zero-order valence-electron chi connectivity index (χ0n) is 24.7. The first-order valence-corrected chi connectivity index (χ1v) is 15.2. The molecular weight excluding hydrogens is 540 g/mol. The van der Waals surface area contributed by atoms with Crippen molar-refractivity contribution in [3.63, 3.8) is 0 Å². The highest BCUT2D eigenvalue weighted by atomic mass is 16.5. The third-order valence-electron chi connectivity index (χ3n) is 9.60. The van der Waals surface area contributed by atoms with E-state index in [1.54, 1.807) is 13.3 Å². The second kappa shape index (κ2) is 9.80. The molecule has 2 bridgehead atoms. The Hall–Kier alpha value is -4.44. The van der Waals surface area contributed by atoms with E-state index < -0.39 is 0 Å². The molecular formula is C33H36N8O2. The van der Waals surface area contributed by atoms with Gasteiger partial charge in [-0.15, -0.1) is 0 Å². The number of imidazole rings is 1. The van der Waals surface area contributed by atoms with Crippen LogP contribution >= 0.6 is 0 Å². The van der Waals surface area contributed by atoms with E-state index in [2.05, 4.69) is 31.6 Å². The van der Waals surface area contributed by atoms with E-state index in [4.69, 9.17) is 20.4 Å². The number of nitrogens with zero attached hydrogens (tertiary/aromatic N) is 6. The van der Waals surface area contributed by atoms with Crippen molar-refractivity contribution in [2.45, 2.75) is 51.2 Å². The van der Waals surface area contributed by atoms with Crippen LogP contribution in [-0.2, 0) is 13.6 Å². The first-order chi connectivity index (χ1) is 20.9. The molecule has 1 aliphatic heterocycles. The number of piperidine rings is 1. The zero-order chi connectivity index (χ0) is 29.4. The predicted molar refractivity (Wildman–Crippen MR) is 166 cm³/mol. The van der Waals surface area contributed by atoms with Crippen LogP contribution in [0.15, 0.2) is 48.7 Å². The van der Waals surface area contributed by atoms with Crippen LogP contribution in [-0.4, -0.2) is 60.6 Å². The van der Waals surface area contributed by atoms with E-state index in [0.29, 0.717) is 23.1 Å². The summed E-state index contributed by atoms with van der Waals surface area (Å²) < 4.78 is 10.2. The van der Waals surface area contributed by atoms with Gasteiger partial charge in [-0.1, -0.05) is 0 Å². The predicted octanol–water partition coefficient (Wildman–Crippen LogP) is 5.02. The average Bonchev–Trinajstić information content (AvgIpc) is 3.41. The van der Waals surface area contributed by atoms with Gasteiger partial charge in [-0.2, -0.15) is 0 Å². The number of aromatic nitrogens is 5. The Labute approximate surface area is 249 Å². The van der Waals surface area contributed by atoms with E-state index in [1.165, 1.54) is 12.8 Å². The van der Waals surface area contributed by atoms with Gasteiger partial charge in [0.15, 0.2) is 5.82 Å². The quantitative estimate of drug-likeness (QED) is 0.280. The van der Waals surface area contributed by atoms with Crippen LogP contribution in [0.2, 0.25) is 0 Å². The Kier molecular flexibility index (Phi) is 5.98. The highest BCUT2D eigenvalue weighted by Gasteiger charge is 2.47. The molecule has 2 unspecified atom stereocenters. The Bertz CT molecular complexity index is 1900. The van der Waals surface area contributed by atoms with Crippen molar-refractivity contribution in [1.82, 2.24) is 29.0 Å². The first-order valence-electron chi connectivity index (χ1n) is 15.2. The minimum atomic E-state index is 0.00604. The van der Waals surface area contributed by atoms with Gasteiger partial charge in [0.05, 0.1) is 18.3 Å². The standard InChI is InChI=1S/C33H36N8O2/c1-18-12-23(10-11-35-18)36-28-9-7-20-14-26(40(31(20)38-28)16-19-4-5-19)32-37-24-13-22(15-27(43-3)30(24)39(32)2)33(42)41-17-21-6-8-25(41)29(21)34/h7,9-15,19,21,25,29H,4-6,8,16-17,34H2,1-3H3,(H,35,36,38)/t21?,25?,29-/m1/s1. The highest BCUT2D eigenvalue weighted by molar-refractivity contribution is 6.00. The molecule has 3 aliphatic rings. The minimum absolute atomic E-state index is 0.00604. The number of nitrogens with two attached hydrogens (primary N) is 1. The molecule has 5 heterocycles. The lowest BCUT2D eigenvalue weighted by Gasteiger charge is -2.27. The van der Waals surface area contributed by atoms with Crippen molar-refractivity contribution in [2.75, 3.05) is 19.0 Å². The number of pyridine rings is 2. The molecule has 3 fully saturated rings. The van der Waals surface area contributed by atoms with E-state index >= 15 is 0 Å². The number of carbonyl (C=O) groups is 1. The maximum Gasteiger partial charge on any atom is 0.254 e. The number of benzene rings is 1. The number of carbonyl (C=O) groups excluding carboxylic acids is 1. The first kappa shape index (κ1) is 26.2. The van der Waals surface area contributed by atoms with Crippen molar-refractivity contribution < 1.29 is 9.53 Å². The highest BCUT2D eigenvalue weighted by Crippen LogP contribution is 2.40. The Morgan fingerprint density at radius 1 is 1.09 bits per heavy atom. The normalized spacial score (nSPS) is 21.3. The van der Waals surface area contributed by atoms with Crippen LogP contribution in [0.5, 0.6) is 5.75 Å². The molecule has 1 aromatic carbocycles. The van der Waals surface area contributed by atoms with Crippen LogP contribution in [0.3, 0.4) is 0 Å². The number of anilines is 2. The van der Waals surface area contributed by atoms with Crippen LogP contribution in [0.1, 0.15) is 41.7 Å². The number of likely N-dealkylation sites (tertiary alicyclic amines) is 1. The number of rotatable bonds is 7. The molecule has 1 amide bonds. The summed E-state index contributed by atoms with van der Waals surface area (Å²) >= 11 is 0. The van der Waals surface area contributed by atoms with Gasteiger partial charge in [-0.3, -0.25) is 9.78 Å².